The summed E-state index contributed by atoms with van der Waals surface area (Å²) < 4.78 is 8.41. The molecule has 0 spiro atoms. The second kappa shape index (κ2) is 11.8. The molecule has 1 aliphatic rings. The van der Waals surface area contributed by atoms with Gasteiger partial charge in [-0.3, -0.25) is 18.9 Å². The van der Waals surface area contributed by atoms with Gasteiger partial charge in [-0.25, -0.2) is 9.97 Å². The molecule has 3 heterocycles. The number of likely N-dealkylation sites (tertiary alicyclic amines) is 1. The van der Waals surface area contributed by atoms with Gasteiger partial charge in [-0.1, -0.05) is 6.92 Å². The van der Waals surface area contributed by atoms with Gasteiger partial charge in [-0.15, -0.1) is 0 Å². The number of piperidine rings is 1. The van der Waals surface area contributed by atoms with Crippen LogP contribution in [0.15, 0.2) is 36.8 Å². The van der Waals surface area contributed by atoms with Crippen molar-refractivity contribution < 1.29 is 14.3 Å². The Morgan fingerprint density at radius 3 is 2.65 bits per heavy atom. The fourth-order valence-corrected chi connectivity index (χ4v) is 5.07. The topological polar surface area (TPSA) is 101 Å². The predicted octanol–water partition coefficient (Wildman–Crippen LogP) is 4.42. The van der Waals surface area contributed by atoms with E-state index >= 15 is 0 Å². The molecule has 9 nitrogen and oxygen atoms in total. The maximum absolute atomic E-state index is 13.0. The number of aromatic nitrogens is 3. The fraction of sp³-hybridized carbons (Fsp3) is 0.481. The van der Waals surface area contributed by atoms with Gasteiger partial charge >= 0.3 is 5.97 Å². The van der Waals surface area contributed by atoms with E-state index in [-0.39, 0.29) is 11.9 Å². The Bertz CT molecular complexity index is 1260. The number of nitrogens with one attached hydrogen (secondary N) is 2. The van der Waals surface area contributed by atoms with Crippen molar-refractivity contribution in [3.8, 4) is 0 Å². The first-order chi connectivity index (χ1) is 17.6. The number of benzene rings is 1. The van der Waals surface area contributed by atoms with Gasteiger partial charge in [0.25, 0.3) is 5.91 Å². The van der Waals surface area contributed by atoms with Gasteiger partial charge in [0, 0.05) is 30.2 Å². The molecule has 1 aromatic carbocycles. The molecule has 1 aliphatic heterocycles. The lowest BCUT2D eigenvalue weighted by Crippen LogP contribution is -2.42. The zero-order valence-corrected chi connectivity index (χ0v) is 24.0. The van der Waals surface area contributed by atoms with Crippen LogP contribution in [0, 0.1) is 9.62 Å². The highest BCUT2D eigenvalue weighted by Crippen LogP contribution is 2.24. The lowest BCUT2D eigenvalue weighted by atomic mass is 9.96. The summed E-state index contributed by atoms with van der Waals surface area (Å²) in [7, 11) is 0. The number of carbonyl (C=O) groups is 2. The maximum Gasteiger partial charge on any atom is 0.320 e. The summed E-state index contributed by atoms with van der Waals surface area (Å²) in [5.74, 6) is 0.829. The van der Waals surface area contributed by atoms with Crippen LogP contribution in [-0.2, 0) is 16.0 Å². The number of anilines is 2. The number of halogens is 1. The number of nitrogens with zero attached hydrogens (tertiary/aromatic N) is 4. The number of rotatable bonds is 8. The van der Waals surface area contributed by atoms with Gasteiger partial charge in [0.1, 0.15) is 9.30 Å². The molecule has 3 aromatic rings. The zero-order valence-electron chi connectivity index (χ0n) is 21.9. The minimum atomic E-state index is -0.463. The van der Waals surface area contributed by atoms with Crippen LogP contribution in [0.3, 0.4) is 0 Å². The van der Waals surface area contributed by atoms with Crippen LogP contribution in [0.2, 0.25) is 0 Å². The van der Waals surface area contributed by atoms with E-state index in [9.17, 15) is 9.59 Å². The molecule has 37 heavy (non-hydrogen) atoms. The molecule has 1 fully saturated rings. The Morgan fingerprint density at radius 1 is 1.19 bits per heavy atom. The highest BCUT2D eigenvalue weighted by Gasteiger charge is 2.24. The second-order valence-electron chi connectivity index (χ2n) is 10.4. The molecule has 1 amide bonds. The Balaban J connectivity index is 1.30. The molecule has 0 bridgehead atoms. The first-order valence-electron chi connectivity index (χ1n) is 12.7. The Labute approximate surface area is 231 Å². The largest absolute Gasteiger partial charge is 0.459 e. The minimum Gasteiger partial charge on any atom is -0.459 e. The van der Waals surface area contributed by atoms with Crippen LogP contribution in [0.1, 0.15) is 56.5 Å². The van der Waals surface area contributed by atoms with Crippen molar-refractivity contribution in [2.75, 3.05) is 31.5 Å². The van der Waals surface area contributed by atoms with Gasteiger partial charge in [0.15, 0.2) is 11.5 Å². The van der Waals surface area contributed by atoms with Crippen LogP contribution in [0.5, 0.6) is 0 Å². The number of esters is 1. The van der Waals surface area contributed by atoms with Crippen LogP contribution in [0.4, 0.5) is 11.5 Å². The third-order valence-corrected chi connectivity index (χ3v) is 7.21. The molecule has 0 atom stereocenters. The molecule has 2 aromatic heterocycles. The van der Waals surface area contributed by atoms with E-state index in [0.29, 0.717) is 30.4 Å². The molecule has 198 valence electrons. The molecule has 0 unspecified atom stereocenters. The molecule has 2 N–H and O–H groups in total. The summed E-state index contributed by atoms with van der Waals surface area (Å²) in [4.78, 5) is 36.1. The molecular weight excluding hydrogens is 583 g/mol. The van der Waals surface area contributed by atoms with Gasteiger partial charge in [-0.05, 0) is 105 Å². The van der Waals surface area contributed by atoms with Crippen molar-refractivity contribution >= 4 is 51.6 Å². The van der Waals surface area contributed by atoms with E-state index in [1.807, 2.05) is 56.5 Å². The zero-order chi connectivity index (χ0) is 26.6. The molecule has 1 saturated heterocycles. The fourth-order valence-electron chi connectivity index (χ4n) is 4.54. The van der Waals surface area contributed by atoms with Gasteiger partial charge in [0.2, 0.25) is 0 Å². The summed E-state index contributed by atoms with van der Waals surface area (Å²) in [5.41, 5.74) is 2.82. The average molecular weight is 619 g/mol. The number of carbonyl (C=O) groups excluding carboxylic acids is 2. The van der Waals surface area contributed by atoms with Crippen molar-refractivity contribution in [2.45, 2.75) is 52.6 Å². The van der Waals surface area contributed by atoms with Crippen molar-refractivity contribution in [3.05, 3.63) is 51.6 Å². The third-order valence-electron chi connectivity index (χ3n) is 6.41. The van der Waals surface area contributed by atoms with Crippen LogP contribution in [0.25, 0.3) is 5.65 Å². The van der Waals surface area contributed by atoms with E-state index in [1.165, 1.54) is 0 Å². The number of amides is 1. The summed E-state index contributed by atoms with van der Waals surface area (Å²) in [5, 5.41) is 6.48. The average Bonchev–Trinajstić information content (AvgIpc) is 3.24. The molecule has 0 aliphatic carbocycles. The molecule has 10 heteroatoms. The normalized spacial score (nSPS) is 15.1. The number of hydrogen-bond donors (Lipinski definition) is 2. The Kier molecular flexibility index (Phi) is 8.68. The second-order valence-corrected chi connectivity index (χ2v) is 11.5. The number of imidazole rings is 1. The Hall–Kier alpha value is -2.73. The summed E-state index contributed by atoms with van der Waals surface area (Å²) in [6, 6.07) is 5.78. The molecule has 4 rings (SSSR count). The van der Waals surface area contributed by atoms with Crippen molar-refractivity contribution in [3.63, 3.8) is 0 Å². The van der Waals surface area contributed by atoms with Crippen molar-refractivity contribution in [1.29, 1.82) is 0 Å². The van der Waals surface area contributed by atoms with Crippen LogP contribution >= 0.6 is 22.6 Å². The van der Waals surface area contributed by atoms with Crippen molar-refractivity contribution in [1.82, 2.24) is 24.6 Å². The van der Waals surface area contributed by atoms with E-state index < -0.39 is 5.60 Å². The maximum atomic E-state index is 13.0. The first-order valence-corrected chi connectivity index (χ1v) is 13.8. The molecule has 0 radical (unpaired) electrons. The standard InChI is InChI=1S/C27H35IN6O3/c1-5-19-14-20(32-24-25-30-16-22(28)34(25)13-10-29-24)6-7-21(19)26(36)31-15-18-8-11-33(12-9-18)17-23(35)37-27(2,3)4/h6-7,10,13-14,16,18H,5,8-9,11-12,15,17H2,1-4H3,(H,29,32)(H,31,36). The van der Waals surface area contributed by atoms with Crippen LogP contribution in [-0.4, -0.2) is 62.9 Å². The van der Waals surface area contributed by atoms with E-state index in [0.717, 1.165) is 53.0 Å². The molecule has 0 saturated carbocycles. The number of fused-ring (bicyclic) bond motifs is 1. The molecular formula is C27H35IN6O3. The quantitative estimate of drug-likeness (QED) is 0.285. The van der Waals surface area contributed by atoms with Gasteiger partial charge in [0.05, 0.1) is 12.7 Å². The minimum absolute atomic E-state index is 0.0531. The van der Waals surface area contributed by atoms with Crippen LogP contribution < -0.4 is 10.6 Å². The van der Waals surface area contributed by atoms with E-state index in [1.54, 1.807) is 12.4 Å². The van der Waals surface area contributed by atoms with Gasteiger partial charge < -0.3 is 15.4 Å². The summed E-state index contributed by atoms with van der Waals surface area (Å²) >= 11 is 2.24. The highest BCUT2D eigenvalue weighted by atomic mass is 127. The number of hydrogen-bond acceptors (Lipinski definition) is 7. The summed E-state index contributed by atoms with van der Waals surface area (Å²) in [6.07, 6.45) is 8.04. The van der Waals surface area contributed by atoms with Crippen molar-refractivity contribution in [2.24, 2.45) is 5.92 Å². The highest BCUT2D eigenvalue weighted by molar-refractivity contribution is 14.1. The number of aryl methyl sites for hydroxylation is 1. The smallest absolute Gasteiger partial charge is 0.320 e. The summed E-state index contributed by atoms with van der Waals surface area (Å²) in [6.45, 7) is 10.3. The lowest BCUT2D eigenvalue weighted by molar-refractivity contribution is -0.156. The van der Waals surface area contributed by atoms with E-state index in [4.69, 9.17) is 4.74 Å². The third kappa shape index (κ3) is 7.19. The Morgan fingerprint density at radius 2 is 1.95 bits per heavy atom. The number of ether oxygens (including phenoxy) is 1. The van der Waals surface area contributed by atoms with E-state index in [2.05, 4.69) is 48.1 Å². The first kappa shape index (κ1) is 27.3. The predicted molar refractivity (Wildman–Crippen MR) is 152 cm³/mol. The van der Waals surface area contributed by atoms with Gasteiger partial charge in [-0.2, -0.15) is 0 Å². The lowest BCUT2D eigenvalue weighted by Gasteiger charge is -2.32. The monoisotopic (exact) mass is 618 g/mol. The SMILES string of the molecule is CCc1cc(Nc2nccn3c(I)cnc23)ccc1C(=O)NCC1CCN(CC(=O)OC(C)(C)C)CC1.